The van der Waals surface area contributed by atoms with Crippen molar-refractivity contribution in [2.75, 3.05) is 13.1 Å². The SMILES string of the molecule is CC(NC(=O)C1(C)CCNC1)c1cccc(Cl)c1.Cl. The lowest BCUT2D eigenvalue weighted by Crippen LogP contribution is -2.41. The highest BCUT2D eigenvalue weighted by atomic mass is 35.5. The van der Waals surface area contributed by atoms with Crippen LogP contribution in [0.2, 0.25) is 5.02 Å². The van der Waals surface area contributed by atoms with Crippen molar-refractivity contribution in [2.45, 2.75) is 26.3 Å². The average molecular weight is 303 g/mol. The zero-order chi connectivity index (χ0) is 13.2. The number of hydrogen-bond donors (Lipinski definition) is 2. The summed E-state index contributed by atoms with van der Waals surface area (Å²) in [4.78, 5) is 12.3. The Hall–Kier alpha value is -0.770. The molecule has 1 aliphatic heterocycles. The summed E-state index contributed by atoms with van der Waals surface area (Å²) in [5.41, 5.74) is 0.748. The number of halogens is 2. The van der Waals surface area contributed by atoms with E-state index in [0.717, 1.165) is 25.1 Å². The van der Waals surface area contributed by atoms with Crippen molar-refractivity contribution in [1.29, 1.82) is 0 Å². The highest BCUT2D eigenvalue weighted by Crippen LogP contribution is 2.26. The lowest BCUT2D eigenvalue weighted by atomic mass is 9.88. The van der Waals surface area contributed by atoms with Crippen LogP contribution in [0.15, 0.2) is 24.3 Å². The van der Waals surface area contributed by atoms with E-state index in [9.17, 15) is 4.79 Å². The molecule has 0 aromatic heterocycles. The molecule has 1 fully saturated rings. The highest BCUT2D eigenvalue weighted by molar-refractivity contribution is 6.30. The third-order valence-electron chi connectivity index (χ3n) is 3.61. The van der Waals surface area contributed by atoms with Crippen LogP contribution >= 0.6 is 24.0 Å². The summed E-state index contributed by atoms with van der Waals surface area (Å²) in [6.45, 7) is 5.65. The van der Waals surface area contributed by atoms with Crippen LogP contribution in [0.4, 0.5) is 0 Å². The number of benzene rings is 1. The molecule has 2 rings (SSSR count). The number of amides is 1. The lowest BCUT2D eigenvalue weighted by molar-refractivity contribution is -0.129. The standard InChI is InChI=1S/C14H19ClN2O.ClH/c1-10(11-4-3-5-12(15)8-11)17-13(18)14(2)6-7-16-9-14;/h3-5,8,10,16H,6-7,9H2,1-2H3,(H,17,18);1H. The van der Waals surface area contributed by atoms with Crippen LogP contribution in [0, 0.1) is 5.41 Å². The number of carbonyl (C=O) groups excluding carboxylic acids is 1. The second-order valence-corrected chi connectivity index (χ2v) is 5.67. The number of rotatable bonds is 3. The second-order valence-electron chi connectivity index (χ2n) is 5.24. The van der Waals surface area contributed by atoms with Gasteiger partial charge in [0.05, 0.1) is 11.5 Å². The summed E-state index contributed by atoms with van der Waals surface area (Å²) in [5, 5.41) is 7.00. The Kier molecular flexibility index (Phi) is 5.65. The average Bonchev–Trinajstić information content (AvgIpc) is 2.77. The largest absolute Gasteiger partial charge is 0.349 e. The van der Waals surface area contributed by atoms with Gasteiger partial charge >= 0.3 is 0 Å². The maximum absolute atomic E-state index is 12.3. The quantitative estimate of drug-likeness (QED) is 0.901. The van der Waals surface area contributed by atoms with Crippen LogP contribution in [-0.2, 0) is 4.79 Å². The van der Waals surface area contributed by atoms with E-state index in [1.54, 1.807) is 0 Å². The summed E-state index contributed by atoms with van der Waals surface area (Å²) in [5.74, 6) is 0.111. The topological polar surface area (TPSA) is 41.1 Å². The van der Waals surface area contributed by atoms with Gasteiger partial charge in [0.15, 0.2) is 0 Å². The van der Waals surface area contributed by atoms with Crippen molar-refractivity contribution in [3.05, 3.63) is 34.9 Å². The summed E-state index contributed by atoms with van der Waals surface area (Å²) in [6.07, 6.45) is 0.890. The van der Waals surface area contributed by atoms with E-state index >= 15 is 0 Å². The van der Waals surface area contributed by atoms with Gasteiger partial charge < -0.3 is 10.6 Å². The molecule has 1 aromatic rings. The predicted molar refractivity (Wildman–Crippen MR) is 80.9 cm³/mol. The van der Waals surface area contributed by atoms with Crippen molar-refractivity contribution in [1.82, 2.24) is 10.6 Å². The maximum atomic E-state index is 12.3. The third-order valence-corrected chi connectivity index (χ3v) is 3.85. The van der Waals surface area contributed by atoms with Crippen LogP contribution in [0.1, 0.15) is 31.9 Å². The molecule has 0 radical (unpaired) electrons. The first-order valence-electron chi connectivity index (χ1n) is 6.28. The molecule has 2 N–H and O–H groups in total. The van der Waals surface area contributed by atoms with Crippen LogP contribution in [0.25, 0.3) is 0 Å². The molecule has 3 nitrogen and oxygen atoms in total. The fourth-order valence-corrected chi connectivity index (χ4v) is 2.44. The molecule has 1 amide bonds. The Morgan fingerprint density at radius 3 is 2.84 bits per heavy atom. The lowest BCUT2D eigenvalue weighted by Gasteiger charge is -2.24. The Morgan fingerprint density at radius 1 is 1.53 bits per heavy atom. The molecule has 0 aliphatic carbocycles. The monoisotopic (exact) mass is 302 g/mol. The number of hydrogen-bond acceptors (Lipinski definition) is 2. The van der Waals surface area contributed by atoms with Gasteiger partial charge in [0.25, 0.3) is 0 Å². The minimum absolute atomic E-state index is 0. The van der Waals surface area contributed by atoms with Gasteiger partial charge in [-0.15, -0.1) is 12.4 Å². The van der Waals surface area contributed by atoms with E-state index in [1.807, 2.05) is 38.1 Å². The molecular formula is C14H20Cl2N2O. The molecule has 106 valence electrons. The van der Waals surface area contributed by atoms with Crippen molar-refractivity contribution >= 4 is 29.9 Å². The summed E-state index contributed by atoms with van der Waals surface area (Å²) < 4.78 is 0. The molecule has 2 atom stereocenters. The second kappa shape index (κ2) is 6.60. The molecule has 0 saturated carbocycles. The third kappa shape index (κ3) is 3.85. The smallest absolute Gasteiger partial charge is 0.227 e. The molecule has 1 saturated heterocycles. The molecule has 2 unspecified atom stereocenters. The highest BCUT2D eigenvalue weighted by Gasteiger charge is 2.36. The summed E-state index contributed by atoms with van der Waals surface area (Å²) >= 11 is 5.96. The van der Waals surface area contributed by atoms with Gasteiger partial charge in [-0.25, -0.2) is 0 Å². The Bertz CT molecular complexity index is 445. The molecule has 5 heteroatoms. The zero-order valence-corrected chi connectivity index (χ0v) is 12.8. The minimum Gasteiger partial charge on any atom is -0.349 e. The fraction of sp³-hybridized carbons (Fsp3) is 0.500. The molecule has 1 heterocycles. The normalized spacial score (nSPS) is 23.5. The van der Waals surface area contributed by atoms with Crippen molar-refractivity contribution in [2.24, 2.45) is 5.41 Å². The van der Waals surface area contributed by atoms with Gasteiger partial charge in [-0.1, -0.05) is 23.7 Å². The number of carbonyl (C=O) groups is 1. The first kappa shape index (κ1) is 16.3. The van der Waals surface area contributed by atoms with Crippen molar-refractivity contribution < 1.29 is 4.79 Å². The Morgan fingerprint density at radius 2 is 2.26 bits per heavy atom. The Labute approximate surface area is 125 Å². The van der Waals surface area contributed by atoms with Crippen LogP contribution < -0.4 is 10.6 Å². The fourth-order valence-electron chi connectivity index (χ4n) is 2.24. The zero-order valence-electron chi connectivity index (χ0n) is 11.2. The molecule has 1 aliphatic rings. The van der Waals surface area contributed by atoms with Gasteiger partial charge in [-0.3, -0.25) is 4.79 Å². The van der Waals surface area contributed by atoms with Gasteiger partial charge in [0.2, 0.25) is 5.91 Å². The predicted octanol–water partition coefficient (Wildman–Crippen LogP) is 2.94. The minimum atomic E-state index is -0.285. The van der Waals surface area contributed by atoms with Gasteiger partial charge in [-0.05, 0) is 44.5 Å². The Balaban J connectivity index is 0.00000180. The van der Waals surface area contributed by atoms with Crippen LogP contribution in [-0.4, -0.2) is 19.0 Å². The van der Waals surface area contributed by atoms with Gasteiger partial charge in [0, 0.05) is 11.6 Å². The first-order valence-corrected chi connectivity index (χ1v) is 6.66. The van der Waals surface area contributed by atoms with Crippen molar-refractivity contribution in [3.8, 4) is 0 Å². The number of nitrogens with one attached hydrogen (secondary N) is 2. The molecule has 0 spiro atoms. The van der Waals surface area contributed by atoms with Gasteiger partial charge in [-0.2, -0.15) is 0 Å². The molecule has 1 aromatic carbocycles. The maximum Gasteiger partial charge on any atom is 0.227 e. The molecule has 19 heavy (non-hydrogen) atoms. The van der Waals surface area contributed by atoms with E-state index in [-0.39, 0.29) is 29.8 Å². The van der Waals surface area contributed by atoms with E-state index in [2.05, 4.69) is 10.6 Å². The summed E-state index contributed by atoms with van der Waals surface area (Å²) in [6, 6.07) is 7.59. The van der Waals surface area contributed by atoms with E-state index < -0.39 is 0 Å². The molecular weight excluding hydrogens is 283 g/mol. The van der Waals surface area contributed by atoms with E-state index in [0.29, 0.717) is 5.02 Å². The van der Waals surface area contributed by atoms with E-state index in [4.69, 9.17) is 11.6 Å². The van der Waals surface area contributed by atoms with Crippen LogP contribution in [0.5, 0.6) is 0 Å². The van der Waals surface area contributed by atoms with Gasteiger partial charge in [0.1, 0.15) is 0 Å². The first-order chi connectivity index (χ1) is 8.51. The van der Waals surface area contributed by atoms with E-state index in [1.165, 1.54) is 0 Å². The van der Waals surface area contributed by atoms with Crippen LogP contribution in [0.3, 0.4) is 0 Å². The molecule has 0 bridgehead atoms. The summed E-state index contributed by atoms with van der Waals surface area (Å²) in [7, 11) is 0. The van der Waals surface area contributed by atoms with Crippen molar-refractivity contribution in [3.63, 3.8) is 0 Å².